The van der Waals surface area contributed by atoms with Crippen molar-refractivity contribution in [3.05, 3.63) is 35.8 Å². The van der Waals surface area contributed by atoms with E-state index in [1.165, 1.54) is 0 Å². The molecule has 19 heavy (non-hydrogen) atoms. The van der Waals surface area contributed by atoms with Crippen LogP contribution in [-0.2, 0) is 11.3 Å². The molecule has 0 amide bonds. The summed E-state index contributed by atoms with van der Waals surface area (Å²) in [5.74, 6) is -0.804. The molecule has 0 aliphatic heterocycles. The molecule has 0 saturated heterocycles. The Bertz CT molecular complexity index is 577. The molecule has 0 bridgehead atoms. The van der Waals surface area contributed by atoms with Gasteiger partial charge in [0.15, 0.2) is 0 Å². The summed E-state index contributed by atoms with van der Waals surface area (Å²) in [5.41, 5.74) is 2.86. The monoisotopic (exact) mass is 261 g/mol. The number of carbonyl (C=O) groups is 1. The second-order valence-corrected chi connectivity index (χ2v) is 4.69. The normalized spacial score (nSPS) is 12.7. The molecule has 2 N–H and O–H groups in total. The molecule has 0 spiro atoms. The molecule has 0 saturated carbocycles. The molecule has 0 fully saturated rings. The fourth-order valence-corrected chi connectivity index (χ4v) is 2.11. The summed E-state index contributed by atoms with van der Waals surface area (Å²) in [6.07, 6.45) is 3.42. The molecule has 1 atom stereocenters. The van der Waals surface area contributed by atoms with Crippen LogP contribution in [0.15, 0.2) is 24.4 Å². The number of carboxylic acids is 1. The second-order valence-electron chi connectivity index (χ2n) is 4.69. The van der Waals surface area contributed by atoms with Gasteiger partial charge in [0, 0.05) is 18.4 Å². The topological polar surface area (TPSA) is 66.6 Å². The van der Waals surface area contributed by atoms with Gasteiger partial charge in [0.2, 0.25) is 0 Å². The first-order chi connectivity index (χ1) is 9.11. The van der Waals surface area contributed by atoms with Gasteiger partial charge in [0.1, 0.15) is 11.7 Å². The summed E-state index contributed by atoms with van der Waals surface area (Å²) in [4.78, 5) is 15.5. The average molecular weight is 261 g/mol. The smallest absolute Gasteiger partial charge is 0.320 e. The van der Waals surface area contributed by atoms with Crippen LogP contribution >= 0.6 is 0 Å². The lowest BCUT2D eigenvalue weighted by Crippen LogP contribution is -2.36. The van der Waals surface area contributed by atoms with Crippen LogP contribution < -0.4 is 5.32 Å². The zero-order chi connectivity index (χ0) is 13.8. The molecular formula is C14H19N3O2. The highest BCUT2D eigenvalue weighted by Gasteiger charge is 2.15. The fraction of sp³-hybridized carbons (Fsp3) is 0.429. The van der Waals surface area contributed by atoms with E-state index in [0.717, 1.165) is 23.5 Å². The maximum absolute atomic E-state index is 11.0. The lowest BCUT2D eigenvalue weighted by atomic mass is 10.1. The van der Waals surface area contributed by atoms with E-state index in [-0.39, 0.29) is 0 Å². The van der Waals surface area contributed by atoms with Crippen molar-refractivity contribution in [1.29, 1.82) is 0 Å². The molecule has 102 valence electrons. The van der Waals surface area contributed by atoms with Gasteiger partial charge in [-0.05, 0) is 25.5 Å². The van der Waals surface area contributed by atoms with E-state index < -0.39 is 12.0 Å². The SMILES string of the molecule is CCCC(NCc1cn2c(C)cccc2n1)C(=O)O. The third-order valence-electron chi connectivity index (χ3n) is 3.15. The van der Waals surface area contributed by atoms with Gasteiger partial charge in [-0.2, -0.15) is 0 Å². The molecule has 2 aromatic rings. The molecular weight excluding hydrogens is 242 g/mol. The lowest BCUT2D eigenvalue weighted by molar-refractivity contribution is -0.139. The summed E-state index contributed by atoms with van der Waals surface area (Å²) in [7, 11) is 0. The van der Waals surface area contributed by atoms with Gasteiger partial charge >= 0.3 is 5.97 Å². The van der Waals surface area contributed by atoms with E-state index in [1.54, 1.807) is 0 Å². The summed E-state index contributed by atoms with van der Waals surface area (Å²) in [6, 6.07) is 5.42. The van der Waals surface area contributed by atoms with Crippen molar-refractivity contribution in [2.45, 2.75) is 39.3 Å². The molecule has 0 aliphatic carbocycles. The summed E-state index contributed by atoms with van der Waals surface area (Å²) in [5, 5.41) is 12.1. The van der Waals surface area contributed by atoms with E-state index in [4.69, 9.17) is 5.11 Å². The third-order valence-corrected chi connectivity index (χ3v) is 3.15. The number of pyridine rings is 1. The number of imidazole rings is 1. The molecule has 2 heterocycles. The highest BCUT2D eigenvalue weighted by atomic mass is 16.4. The number of rotatable bonds is 6. The average Bonchev–Trinajstić information content (AvgIpc) is 2.78. The molecule has 5 heteroatoms. The molecule has 2 rings (SSSR count). The number of carboxylic acid groups (broad SMARTS) is 1. The molecule has 5 nitrogen and oxygen atoms in total. The van der Waals surface area contributed by atoms with Gasteiger partial charge in [0.05, 0.1) is 5.69 Å². The minimum atomic E-state index is -0.804. The Kier molecular flexibility index (Phi) is 4.16. The number of aromatic nitrogens is 2. The maximum atomic E-state index is 11.0. The molecule has 0 aromatic carbocycles. The molecule has 0 aliphatic rings. The van der Waals surface area contributed by atoms with Crippen molar-refractivity contribution < 1.29 is 9.90 Å². The van der Waals surface area contributed by atoms with E-state index in [2.05, 4.69) is 10.3 Å². The summed E-state index contributed by atoms with van der Waals surface area (Å²) in [6.45, 7) is 4.47. The number of hydrogen-bond donors (Lipinski definition) is 2. The Morgan fingerprint density at radius 1 is 1.53 bits per heavy atom. The Balaban J connectivity index is 2.09. The van der Waals surface area contributed by atoms with Crippen LogP contribution in [0, 0.1) is 6.92 Å². The van der Waals surface area contributed by atoms with Crippen molar-refractivity contribution in [3.63, 3.8) is 0 Å². The van der Waals surface area contributed by atoms with Gasteiger partial charge in [-0.15, -0.1) is 0 Å². The number of aliphatic carboxylic acids is 1. The second kappa shape index (κ2) is 5.84. The Hall–Kier alpha value is -1.88. The Morgan fingerprint density at radius 3 is 2.95 bits per heavy atom. The van der Waals surface area contributed by atoms with Gasteiger partial charge in [0.25, 0.3) is 0 Å². The van der Waals surface area contributed by atoms with E-state index in [0.29, 0.717) is 13.0 Å². The predicted octanol–water partition coefficient (Wildman–Crippen LogP) is 1.99. The fourth-order valence-electron chi connectivity index (χ4n) is 2.11. The van der Waals surface area contributed by atoms with E-state index in [9.17, 15) is 4.79 Å². The van der Waals surface area contributed by atoms with Crippen LogP contribution in [0.2, 0.25) is 0 Å². The first-order valence-electron chi connectivity index (χ1n) is 6.51. The van der Waals surface area contributed by atoms with E-state index >= 15 is 0 Å². The number of nitrogens with one attached hydrogen (secondary N) is 1. The zero-order valence-electron chi connectivity index (χ0n) is 11.3. The Morgan fingerprint density at radius 2 is 2.32 bits per heavy atom. The third kappa shape index (κ3) is 3.12. The maximum Gasteiger partial charge on any atom is 0.320 e. The van der Waals surface area contributed by atoms with Crippen LogP contribution in [0.3, 0.4) is 0 Å². The van der Waals surface area contributed by atoms with Crippen LogP contribution in [0.1, 0.15) is 31.2 Å². The molecule has 0 radical (unpaired) electrons. The van der Waals surface area contributed by atoms with Crippen LogP contribution in [0.25, 0.3) is 5.65 Å². The highest BCUT2D eigenvalue weighted by Crippen LogP contribution is 2.08. The van der Waals surface area contributed by atoms with Gasteiger partial charge < -0.3 is 9.51 Å². The van der Waals surface area contributed by atoms with Crippen molar-refractivity contribution in [1.82, 2.24) is 14.7 Å². The first kappa shape index (κ1) is 13.5. The van der Waals surface area contributed by atoms with Crippen molar-refractivity contribution in [2.75, 3.05) is 0 Å². The van der Waals surface area contributed by atoms with Gasteiger partial charge in [-0.3, -0.25) is 10.1 Å². The number of fused-ring (bicyclic) bond motifs is 1. The molecule has 2 aromatic heterocycles. The summed E-state index contributed by atoms with van der Waals surface area (Å²) < 4.78 is 2.01. The largest absolute Gasteiger partial charge is 0.480 e. The van der Waals surface area contributed by atoms with Crippen LogP contribution in [-0.4, -0.2) is 26.5 Å². The van der Waals surface area contributed by atoms with E-state index in [1.807, 2.05) is 42.6 Å². The number of nitrogens with zero attached hydrogens (tertiary/aromatic N) is 2. The van der Waals surface area contributed by atoms with Crippen molar-refractivity contribution >= 4 is 11.6 Å². The quantitative estimate of drug-likeness (QED) is 0.834. The zero-order valence-corrected chi connectivity index (χ0v) is 11.3. The standard InChI is InChI=1S/C14H19N3O2/c1-3-5-12(14(18)19)15-8-11-9-17-10(2)6-4-7-13(17)16-11/h4,6-7,9,12,15H,3,5,8H2,1-2H3,(H,18,19). The van der Waals surface area contributed by atoms with Gasteiger partial charge in [-0.1, -0.05) is 19.4 Å². The number of aryl methyl sites for hydroxylation is 1. The molecule has 1 unspecified atom stereocenters. The Labute approximate surface area is 112 Å². The van der Waals surface area contributed by atoms with Crippen molar-refractivity contribution in [2.24, 2.45) is 0 Å². The van der Waals surface area contributed by atoms with Crippen LogP contribution in [0.5, 0.6) is 0 Å². The van der Waals surface area contributed by atoms with Crippen molar-refractivity contribution in [3.8, 4) is 0 Å². The highest BCUT2D eigenvalue weighted by molar-refractivity contribution is 5.73. The summed E-state index contributed by atoms with van der Waals surface area (Å²) >= 11 is 0. The van der Waals surface area contributed by atoms with Gasteiger partial charge in [-0.25, -0.2) is 4.98 Å². The lowest BCUT2D eigenvalue weighted by Gasteiger charge is -2.11. The number of hydrogen-bond acceptors (Lipinski definition) is 3. The predicted molar refractivity (Wildman–Crippen MR) is 73.1 cm³/mol. The minimum absolute atomic E-state index is 0.470. The first-order valence-corrected chi connectivity index (χ1v) is 6.51. The minimum Gasteiger partial charge on any atom is -0.480 e. The van der Waals surface area contributed by atoms with Crippen LogP contribution in [0.4, 0.5) is 0 Å².